The molecule has 0 spiro atoms. The standard InChI is InChI=1S/C20H30N2O3.2ClH.Zr/c1-21-15-17-13-18(22(24)25)14-19(20(17)23)16-11-9-7-5-3-2-4-6-8-10-12-16;;;/h13-16,23H,2-12H2,1H3;2*1H;/q;;;+2/p-2. The Bertz CT molecular complexity index is 618. The third-order valence-corrected chi connectivity index (χ3v) is 5.18. The number of hydrogen-bond donors (Lipinski definition) is 1. The Labute approximate surface area is 186 Å². The van der Waals surface area contributed by atoms with Crippen molar-refractivity contribution in [3.63, 3.8) is 0 Å². The van der Waals surface area contributed by atoms with E-state index in [1.54, 1.807) is 13.1 Å². The predicted molar refractivity (Wildman–Crippen MR) is 114 cm³/mol. The Morgan fingerprint density at radius 2 is 1.54 bits per heavy atom. The van der Waals surface area contributed by atoms with E-state index in [0.29, 0.717) is 5.56 Å². The van der Waals surface area contributed by atoms with E-state index in [9.17, 15) is 15.2 Å². The number of non-ortho nitro benzene ring substituents is 1. The van der Waals surface area contributed by atoms with Crippen LogP contribution in [0.2, 0.25) is 0 Å². The van der Waals surface area contributed by atoms with Gasteiger partial charge in [-0.15, -0.1) is 0 Å². The topological polar surface area (TPSA) is 75.7 Å². The van der Waals surface area contributed by atoms with Crippen LogP contribution in [0.4, 0.5) is 5.69 Å². The molecule has 1 aromatic carbocycles. The maximum atomic E-state index is 11.3. The number of nitro benzene ring substituents is 1. The van der Waals surface area contributed by atoms with Crippen molar-refractivity contribution >= 4 is 28.9 Å². The summed E-state index contributed by atoms with van der Waals surface area (Å²) in [7, 11) is 11.5. The molecule has 1 aromatic rings. The van der Waals surface area contributed by atoms with Crippen LogP contribution in [0, 0.1) is 10.1 Å². The van der Waals surface area contributed by atoms with Crippen molar-refractivity contribution in [1.29, 1.82) is 0 Å². The maximum absolute atomic E-state index is 11.3. The summed E-state index contributed by atoms with van der Waals surface area (Å²) in [5.74, 6) is 0.344. The minimum absolute atomic E-state index is 0.0359. The van der Waals surface area contributed by atoms with Gasteiger partial charge in [-0.25, -0.2) is 0 Å². The zero-order chi connectivity index (χ0) is 20.8. The van der Waals surface area contributed by atoms with Gasteiger partial charge in [-0.2, -0.15) is 0 Å². The number of rotatable bonds is 3. The number of benzene rings is 1. The Morgan fingerprint density at radius 1 is 1.07 bits per heavy atom. The molecule has 0 unspecified atom stereocenters. The molecular formula is C20H30Cl2N2O3Zr. The van der Waals surface area contributed by atoms with Crippen molar-refractivity contribution in [3.05, 3.63) is 33.4 Å². The van der Waals surface area contributed by atoms with Gasteiger partial charge in [0.25, 0.3) is 5.69 Å². The van der Waals surface area contributed by atoms with E-state index in [1.165, 1.54) is 57.2 Å². The first kappa shape index (κ1) is 25.6. The van der Waals surface area contributed by atoms with E-state index in [0.717, 1.165) is 31.2 Å². The number of phenolic OH excluding ortho intramolecular Hbond substituents is 1. The third-order valence-electron chi connectivity index (χ3n) is 5.18. The van der Waals surface area contributed by atoms with Gasteiger partial charge in [0, 0.05) is 36.5 Å². The zero-order valence-corrected chi connectivity index (χ0v) is 20.5. The molecule has 8 heteroatoms. The van der Waals surface area contributed by atoms with Crippen LogP contribution in [0.15, 0.2) is 17.1 Å². The molecule has 1 N–H and O–H groups in total. The summed E-state index contributed by atoms with van der Waals surface area (Å²) in [5.41, 5.74) is 1.20. The molecule has 2 rings (SSSR count). The van der Waals surface area contributed by atoms with Gasteiger partial charge < -0.3 is 5.11 Å². The van der Waals surface area contributed by atoms with Crippen LogP contribution in [0.5, 0.6) is 5.75 Å². The van der Waals surface area contributed by atoms with Gasteiger partial charge in [0.15, 0.2) is 0 Å². The molecule has 156 valence electrons. The van der Waals surface area contributed by atoms with Crippen LogP contribution in [0.1, 0.15) is 87.7 Å². The van der Waals surface area contributed by atoms with Gasteiger partial charge in [0.2, 0.25) is 0 Å². The molecule has 0 radical (unpaired) electrons. The quantitative estimate of drug-likeness (QED) is 0.268. The third kappa shape index (κ3) is 9.37. The van der Waals surface area contributed by atoms with Crippen molar-refractivity contribution in [2.45, 2.75) is 76.5 Å². The minimum atomic E-state index is -0.826. The molecule has 28 heavy (non-hydrogen) atoms. The predicted octanol–water partition coefficient (Wildman–Crippen LogP) is 7.11. The number of halogens is 2. The average Bonchev–Trinajstić information content (AvgIpc) is 2.65. The van der Waals surface area contributed by atoms with Crippen LogP contribution in [-0.4, -0.2) is 23.3 Å². The van der Waals surface area contributed by atoms with E-state index >= 15 is 0 Å². The van der Waals surface area contributed by atoms with Gasteiger partial charge >= 0.3 is 37.9 Å². The van der Waals surface area contributed by atoms with E-state index in [2.05, 4.69) is 4.99 Å². The number of phenols is 1. The summed E-state index contributed by atoms with van der Waals surface area (Å²) in [6, 6.07) is 2.97. The van der Waals surface area contributed by atoms with Gasteiger partial charge in [-0.05, 0) is 18.8 Å². The van der Waals surface area contributed by atoms with Crippen LogP contribution in [0.3, 0.4) is 0 Å². The number of aromatic hydroxyl groups is 1. The summed E-state index contributed by atoms with van der Waals surface area (Å²) in [6.07, 6.45) is 14.6. The molecule has 0 bridgehead atoms. The molecule has 0 saturated heterocycles. The number of aliphatic imine (C=N–C) groups is 1. The van der Waals surface area contributed by atoms with E-state index in [4.69, 9.17) is 17.0 Å². The van der Waals surface area contributed by atoms with Gasteiger partial charge in [0.1, 0.15) is 5.75 Å². The number of nitrogens with zero attached hydrogens (tertiary/aromatic N) is 2. The second-order valence-electron chi connectivity index (χ2n) is 7.14. The van der Waals surface area contributed by atoms with Crippen molar-refractivity contribution in [2.24, 2.45) is 4.99 Å². The first-order chi connectivity index (χ1) is 13.5. The van der Waals surface area contributed by atoms with Crippen molar-refractivity contribution in [1.82, 2.24) is 0 Å². The van der Waals surface area contributed by atoms with Crippen molar-refractivity contribution in [2.75, 3.05) is 7.05 Å². The summed E-state index contributed by atoms with van der Waals surface area (Å²) in [5, 5.41) is 21.9. The second kappa shape index (κ2) is 15.4. The normalized spacial score (nSPS) is 17.1. The van der Waals surface area contributed by atoms with E-state index in [1.807, 2.05) is 0 Å². The fraction of sp³-hybridized carbons (Fsp3) is 0.650. The average molecular weight is 509 g/mol. The molecule has 1 aliphatic rings. The first-order valence-corrected chi connectivity index (χ1v) is 16.3. The van der Waals surface area contributed by atoms with E-state index in [-0.39, 0.29) is 22.3 Å². The van der Waals surface area contributed by atoms with E-state index < -0.39 is 20.8 Å². The molecule has 5 nitrogen and oxygen atoms in total. The SMILES string of the molecule is CN=Cc1cc([N+](=O)[O-])cc(C2CCCCCCCCCCC2)c1O.[Cl][Zr][Cl]. The summed E-state index contributed by atoms with van der Waals surface area (Å²) in [6.45, 7) is 0. The van der Waals surface area contributed by atoms with Crippen LogP contribution < -0.4 is 0 Å². The Morgan fingerprint density at radius 3 is 1.96 bits per heavy atom. The van der Waals surface area contributed by atoms with Crippen LogP contribution in [-0.2, 0) is 20.8 Å². The summed E-state index contributed by atoms with van der Waals surface area (Å²) >= 11 is -0.826. The van der Waals surface area contributed by atoms with Gasteiger partial charge in [-0.3, -0.25) is 15.1 Å². The molecule has 0 aliphatic heterocycles. The Hall–Kier alpha value is -0.447. The fourth-order valence-electron chi connectivity index (χ4n) is 3.79. The first-order valence-electron chi connectivity index (χ1n) is 9.94. The van der Waals surface area contributed by atoms with Crippen molar-refractivity contribution in [3.8, 4) is 5.75 Å². The molecular weight excluding hydrogens is 478 g/mol. The molecule has 1 aliphatic carbocycles. The molecule has 1 saturated carbocycles. The Balaban J connectivity index is 0.00000122. The molecule has 0 heterocycles. The summed E-state index contributed by atoms with van der Waals surface area (Å²) in [4.78, 5) is 14.8. The Kier molecular flexibility index (Phi) is 14.1. The number of hydrogen-bond acceptors (Lipinski definition) is 4. The molecule has 0 aromatic heterocycles. The van der Waals surface area contributed by atoms with Crippen molar-refractivity contribution < 1.29 is 30.9 Å². The molecule has 1 fully saturated rings. The second-order valence-corrected chi connectivity index (χ2v) is 10.9. The molecule has 0 atom stereocenters. The number of nitro groups is 1. The zero-order valence-electron chi connectivity index (χ0n) is 16.5. The summed E-state index contributed by atoms with van der Waals surface area (Å²) < 4.78 is 0. The molecule has 0 amide bonds. The fourth-order valence-corrected chi connectivity index (χ4v) is 3.79. The van der Waals surface area contributed by atoms with Gasteiger partial charge in [0.05, 0.1) is 4.92 Å². The monoisotopic (exact) mass is 506 g/mol. The van der Waals surface area contributed by atoms with Crippen LogP contribution >= 0.6 is 17.0 Å². The van der Waals surface area contributed by atoms with Gasteiger partial charge in [-0.1, -0.05) is 57.8 Å². The van der Waals surface area contributed by atoms with Crippen LogP contribution in [0.25, 0.3) is 0 Å².